The van der Waals surface area contributed by atoms with Gasteiger partial charge in [-0.15, -0.1) is 0 Å². The van der Waals surface area contributed by atoms with Crippen LogP contribution in [-0.2, 0) is 22.5 Å². The Bertz CT molecular complexity index is 1720. The number of aromatic nitrogens is 5. The van der Waals surface area contributed by atoms with Gasteiger partial charge in [-0.1, -0.05) is 30.3 Å². The first-order chi connectivity index (χ1) is 18.3. The van der Waals surface area contributed by atoms with Gasteiger partial charge in [0.2, 0.25) is 5.89 Å². The lowest BCUT2D eigenvalue weighted by atomic mass is 10.1. The number of fused-ring (bicyclic) bond motifs is 2. The molecule has 0 saturated carbocycles. The molecule has 0 fully saturated rings. The number of nitrogens with one attached hydrogen (secondary N) is 1. The summed E-state index contributed by atoms with van der Waals surface area (Å²) >= 11 is 0. The van der Waals surface area contributed by atoms with Crippen LogP contribution in [0.15, 0.2) is 51.8 Å². The van der Waals surface area contributed by atoms with Crippen LogP contribution in [0, 0.1) is 11.3 Å². The zero-order valence-corrected chi connectivity index (χ0v) is 19.9. The van der Waals surface area contributed by atoms with Gasteiger partial charge in [0.1, 0.15) is 22.8 Å². The van der Waals surface area contributed by atoms with Gasteiger partial charge in [0, 0.05) is 19.4 Å². The molecule has 0 aliphatic heterocycles. The van der Waals surface area contributed by atoms with Crippen molar-refractivity contribution in [2.24, 2.45) is 0 Å². The van der Waals surface area contributed by atoms with E-state index in [1.807, 2.05) is 12.1 Å². The number of aromatic amines is 1. The van der Waals surface area contributed by atoms with Crippen LogP contribution in [0.25, 0.3) is 39.3 Å². The molecule has 0 bridgehead atoms. The molecule has 0 amide bonds. The highest BCUT2D eigenvalue weighted by molar-refractivity contribution is 5.83. The number of ether oxygens (including phenoxy) is 2. The minimum atomic E-state index is -4.52. The smallest absolute Gasteiger partial charge is 0.394 e. The van der Waals surface area contributed by atoms with E-state index < -0.39 is 18.2 Å². The minimum Gasteiger partial charge on any atom is -0.436 e. The fourth-order valence-corrected chi connectivity index (χ4v) is 4.06. The second-order valence-electron chi connectivity index (χ2n) is 8.21. The first-order valence-corrected chi connectivity index (χ1v) is 11.3. The Morgan fingerprint density at radius 2 is 1.95 bits per heavy atom. The van der Waals surface area contributed by atoms with Crippen LogP contribution in [0.3, 0.4) is 0 Å². The number of oxazole rings is 1. The maximum absolute atomic E-state index is 13.7. The predicted molar refractivity (Wildman–Crippen MR) is 128 cm³/mol. The Hall–Kier alpha value is -4.54. The van der Waals surface area contributed by atoms with E-state index in [0.717, 1.165) is 4.52 Å². The van der Waals surface area contributed by atoms with E-state index in [1.54, 1.807) is 24.3 Å². The monoisotopic (exact) mass is 524 g/mol. The summed E-state index contributed by atoms with van der Waals surface area (Å²) in [5, 5.41) is 13.9. The van der Waals surface area contributed by atoms with Gasteiger partial charge in [0.05, 0.1) is 43.2 Å². The van der Waals surface area contributed by atoms with Crippen LogP contribution >= 0.6 is 0 Å². The zero-order valence-electron chi connectivity index (χ0n) is 19.9. The van der Waals surface area contributed by atoms with Gasteiger partial charge in [-0.25, -0.2) is 4.98 Å². The molecule has 10 nitrogen and oxygen atoms in total. The number of nitrogens with zero attached hydrogens (tertiary/aromatic N) is 5. The van der Waals surface area contributed by atoms with Gasteiger partial charge < -0.3 is 18.9 Å². The van der Waals surface area contributed by atoms with Gasteiger partial charge in [-0.3, -0.25) is 9.78 Å². The van der Waals surface area contributed by atoms with Crippen molar-refractivity contribution in [2.45, 2.75) is 19.2 Å². The molecule has 0 radical (unpaired) electrons. The molecular formula is C25H19F3N6O4. The average Bonchev–Trinajstić information content (AvgIpc) is 3.48. The van der Waals surface area contributed by atoms with Crippen molar-refractivity contribution in [3.63, 3.8) is 0 Å². The summed E-state index contributed by atoms with van der Waals surface area (Å²) in [5.74, 6) is -0.236. The van der Waals surface area contributed by atoms with Crippen LogP contribution in [0.4, 0.5) is 13.2 Å². The zero-order chi connectivity index (χ0) is 26.9. The van der Waals surface area contributed by atoms with Crippen molar-refractivity contribution >= 4 is 16.7 Å². The molecule has 1 aromatic carbocycles. The van der Waals surface area contributed by atoms with Crippen molar-refractivity contribution < 1.29 is 27.1 Å². The highest BCUT2D eigenvalue weighted by atomic mass is 19.4. The number of pyridine rings is 1. The summed E-state index contributed by atoms with van der Waals surface area (Å²) in [4.78, 5) is 24.9. The number of methoxy groups -OCH3 is 1. The molecule has 0 spiro atoms. The standard InChI is InChI=1S/C25H19F3N6O4/c1-36-9-10-37-13-17-20(23-32-21-15(11-25(26,27)28)30-8-7-18(21)38-23)24(35)34-22(31-17)19(16(12-29)33-34)14-5-3-2-4-6-14/h2-8,31H,9-11,13H2,1H3. The average molecular weight is 524 g/mol. The Morgan fingerprint density at radius 1 is 1.16 bits per heavy atom. The van der Waals surface area contributed by atoms with Gasteiger partial charge in [-0.2, -0.15) is 28.0 Å². The SMILES string of the molecule is COCCOCc1[nH]c2c(-c3ccccc3)c(C#N)nn2c(=O)c1-c1nc2c(CC(F)(F)F)nccc2o1. The molecule has 0 unspecified atom stereocenters. The van der Waals surface area contributed by atoms with E-state index in [-0.39, 0.29) is 65.1 Å². The first kappa shape index (κ1) is 25.1. The fourth-order valence-electron chi connectivity index (χ4n) is 4.06. The third kappa shape index (κ3) is 4.74. The number of halogens is 3. The minimum absolute atomic E-state index is 0.00202. The highest BCUT2D eigenvalue weighted by Crippen LogP contribution is 2.31. The molecular weight excluding hydrogens is 505 g/mol. The predicted octanol–water partition coefficient (Wildman–Crippen LogP) is 4.03. The normalized spacial score (nSPS) is 11.9. The molecule has 5 aromatic rings. The van der Waals surface area contributed by atoms with Crippen molar-refractivity contribution in [2.75, 3.05) is 20.3 Å². The molecule has 194 valence electrons. The summed E-state index contributed by atoms with van der Waals surface area (Å²) in [6, 6.07) is 12.3. The van der Waals surface area contributed by atoms with Gasteiger partial charge >= 0.3 is 6.18 Å². The van der Waals surface area contributed by atoms with Crippen molar-refractivity contribution in [3.05, 3.63) is 70.0 Å². The number of benzene rings is 1. The number of rotatable bonds is 8. The van der Waals surface area contributed by atoms with E-state index >= 15 is 0 Å². The van der Waals surface area contributed by atoms with Crippen molar-refractivity contribution in [1.29, 1.82) is 5.26 Å². The van der Waals surface area contributed by atoms with Crippen molar-refractivity contribution in [1.82, 2.24) is 24.6 Å². The number of hydrogen-bond donors (Lipinski definition) is 1. The summed E-state index contributed by atoms with van der Waals surface area (Å²) in [5.41, 5.74) is 0.314. The van der Waals surface area contributed by atoms with Crippen LogP contribution < -0.4 is 5.56 Å². The largest absolute Gasteiger partial charge is 0.436 e. The lowest BCUT2D eigenvalue weighted by Gasteiger charge is -2.09. The van der Waals surface area contributed by atoms with E-state index in [1.165, 1.54) is 19.4 Å². The molecule has 0 saturated heterocycles. The van der Waals surface area contributed by atoms with E-state index in [2.05, 4.69) is 20.1 Å². The summed E-state index contributed by atoms with van der Waals surface area (Å²) in [6.07, 6.45) is -4.66. The fraction of sp³-hybridized carbons (Fsp3) is 0.240. The molecule has 0 aliphatic rings. The molecule has 0 aliphatic carbocycles. The quantitative estimate of drug-likeness (QED) is 0.301. The second-order valence-corrected chi connectivity index (χ2v) is 8.21. The van der Waals surface area contributed by atoms with E-state index in [0.29, 0.717) is 11.1 Å². The van der Waals surface area contributed by atoms with Gasteiger partial charge in [0.25, 0.3) is 5.56 Å². The summed E-state index contributed by atoms with van der Waals surface area (Å²) in [7, 11) is 1.51. The van der Waals surface area contributed by atoms with Crippen LogP contribution in [-0.4, -0.2) is 51.1 Å². The lowest BCUT2D eigenvalue weighted by Crippen LogP contribution is -2.21. The van der Waals surface area contributed by atoms with Crippen LogP contribution in [0.2, 0.25) is 0 Å². The van der Waals surface area contributed by atoms with Gasteiger partial charge in [-0.05, 0) is 5.56 Å². The summed E-state index contributed by atoms with van der Waals surface area (Å²) in [6.45, 7) is 0.375. The Kier molecular flexibility index (Phi) is 6.66. The Balaban J connectivity index is 1.73. The molecule has 5 rings (SSSR count). The van der Waals surface area contributed by atoms with E-state index in [4.69, 9.17) is 13.9 Å². The Labute approximate surface area is 212 Å². The molecule has 4 aromatic heterocycles. The number of nitriles is 1. The van der Waals surface area contributed by atoms with Crippen molar-refractivity contribution in [3.8, 4) is 28.7 Å². The van der Waals surface area contributed by atoms with Crippen LogP contribution in [0.1, 0.15) is 17.1 Å². The second kappa shape index (κ2) is 10.1. The summed E-state index contributed by atoms with van der Waals surface area (Å²) < 4.78 is 56.7. The first-order valence-electron chi connectivity index (χ1n) is 11.3. The third-order valence-electron chi connectivity index (χ3n) is 5.67. The number of hydrogen-bond acceptors (Lipinski definition) is 8. The third-order valence-corrected chi connectivity index (χ3v) is 5.67. The molecule has 1 N–H and O–H groups in total. The number of H-pyrrole nitrogens is 1. The topological polar surface area (TPSA) is 131 Å². The highest BCUT2D eigenvalue weighted by Gasteiger charge is 2.31. The Morgan fingerprint density at radius 3 is 2.66 bits per heavy atom. The maximum atomic E-state index is 13.7. The van der Waals surface area contributed by atoms with Gasteiger partial charge in [0.15, 0.2) is 11.3 Å². The van der Waals surface area contributed by atoms with E-state index in [9.17, 15) is 23.2 Å². The molecule has 13 heteroatoms. The lowest BCUT2D eigenvalue weighted by molar-refractivity contribution is -0.127. The number of alkyl halides is 3. The molecule has 0 atom stereocenters. The maximum Gasteiger partial charge on any atom is 0.394 e. The van der Waals surface area contributed by atoms with Crippen LogP contribution in [0.5, 0.6) is 0 Å². The molecule has 38 heavy (non-hydrogen) atoms. The molecule has 4 heterocycles.